The van der Waals surface area contributed by atoms with E-state index in [1.807, 2.05) is 6.92 Å². The summed E-state index contributed by atoms with van der Waals surface area (Å²) in [5.74, 6) is -1.37. The fourth-order valence-electron chi connectivity index (χ4n) is 6.82. The van der Waals surface area contributed by atoms with Crippen LogP contribution in [0.25, 0.3) is 11.2 Å². The first-order chi connectivity index (χ1) is 32.1. The van der Waals surface area contributed by atoms with Gasteiger partial charge in [0.2, 0.25) is 11.8 Å². The molecule has 4 rings (SSSR count). The van der Waals surface area contributed by atoms with E-state index in [0.717, 1.165) is 29.0 Å². The molecule has 394 valence electrons. The average Bonchev–Trinajstić information content (AvgIpc) is 3.81. The van der Waals surface area contributed by atoms with Crippen molar-refractivity contribution in [2.24, 2.45) is 5.41 Å². The average molecular weight is 1070 g/mol. The Kier molecular flexibility index (Phi) is 22.1. The molecule has 2 aliphatic heterocycles. The number of hydrogen-bond donors (Lipinski definition) is 12. The number of nitrogens with zero attached hydrogens (tertiary/aromatic N) is 4. The van der Waals surface area contributed by atoms with E-state index in [9.17, 15) is 73.2 Å². The van der Waals surface area contributed by atoms with Gasteiger partial charge < -0.3 is 75.7 Å². The number of aliphatic hydroxyl groups is 5. The Morgan fingerprint density at radius 1 is 0.971 bits per heavy atom. The smallest absolute Gasteiger partial charge is 0.393 e. The largest absolute Gasteiger partial charge is 0.481 e. The maximum atomic E-state index is 12.7. The minimum absolute atomic E-state index is 0.0181. The molecule has 0 spiro atoms. The number of carbonyl (C=O) groups excluding carboxylic acids is 3. The van der Waals surface area contributed by atoms with E-state index in [4.69, 9.17) is 29.0 Å². The third kappa shape index (κ3) is 18.7. The minimum Gasteiger partial charge on any atom is -0.393 e. The number of nitrogens with one attached hydrogen (secondary N) is 2. The first kappa shape index (κ1) is 58.9. The van der Waals surface area contributed by atoms with Crippen LogP contribution < -0.4 is 16.4 Å². The molecule has 13 atom stereocenters. The molecule has 0 aromatic carbocycles. The molecule has 69 heavy (non-hydrogen) atoms. The highest BCUT2D eigenvalue weighted by Crippen LogP contribution is 2.61. The van der Waals surface area contributed by atoms with Crippen LogP contribution in [0.5, 0.6) is 0 Å². The zero-order valence-corrected chi connectivity index (χ0v) is 41.4. The molecule has 4 heterocycles. The van der Waals surface area contributed by atoms with E-state index in [1.54, 1.807) is 6.92 Å². The lowest BCUT2D eigenvalue weighted by atomic mass is 9.87. The zero-order chi connectivity index (χ0) is 51.5. The van der Waals surface area contributed by atoms with Gasteiger partial charge in [0.15, 0.2) is 29.1 Å². The van der Waals surface area contributed by atoms with Crippen molar-refractivity contribution in [3.05, 3.63) is 12.7 Å². The molecule has 2 aliphatic rings. The highest BCUT2D eigenvalue weighted by Gasteiger charge is 2.50. The molecular weight excluding hydrogens is 1010 g/mol. The Bertz CT molecular complexity index is 2170. The fourth-order valence-corrected chi connectivity index (χ4v) is 10.4. The third-order valence-electron chi connectivity index (χ3n) is 10.6. The second-order valence-corrected chi connectivity index (χ2v) is 22.3. The summed E-state index contributed by atoms with van der Waals surface area (Å²) in [5, 5.41) is 56.4. The first-order valence-electron chi connectivity index (χ1n) is 21.5. The van der Waals surface area contributed by atoms with Gasteiger partial charge in [-0.05, 0) is 26.7 Å². The highest BCUT2D eigenvalue weighted by atomic mass is 32.2. The lowest BCUT2D eigenvalue weighted by Crippen LogP contribution is -2.48. The number of unbranched alkanes of at least 4 members (excludes halogenated alkanes) is 1. The number of phosphoric ester groups is 3. The maximum Gasteiger partial charge on any atom is 0.481 e. The van der Waals surface area contributed by atoms with E-state index < -0.39 is 115 Å². The number of hydrogen-bond acceptors (Lipinski definition) is 23. The molecule has 0 bridgehead atoms. The van der Waals surface area contributed by atoms with Gasteiger partial charge in [0.25, 0.3) is 0 Å². The summed E-state index contributed by atoms with van der Waals surface area (Å²) in [6.07, 6.45) is -8.82. The van der Waals surface area contributed by atoms with E-state index in [1.165, 1.54) is 13.8 Å². The number of amides is 2. The summed E-state index contributed by atoms with van der Waals surface area (Å²) in [4.78, 5) is 88.4. The lowest BCUT2D eigenvalue weighted by Gasteiger charge is -2.36. The summed E-state index contributed by atoms with van der Waals surface area (Å²) in [6.45, 7) is 3.77. The van der Waals surface area contributed by atoms with Crippen LogP contribution in [-0.2, 0) is 60.2 Å². The second kappa shape index (κ2) is 25.8. The van der Waals surface area contributed by atoms with E-state index >= 15 is 0 Å². The number of aliphatic hydroxyl groups excluding tert-OH is 5. The molecule has 33 heteroatoms. The van der Waals surface area contributed by atoms with Crippen LogP contribution in [0.3, 0.4) is 0 Å². The summed E-state index contributed by atoms with van der Waals surface area (Å²) in [7, 11) is -16.5. The Morgan fingerprint density at radius 3 is 2.35 bits per heavy atom. The number of phosphoric acid groups is 3. The molecular formula is C36H62N7O22P3S. The normalized spacial score (nSPS) is 26.4. The first-order valence-corrected chi connectivity index (χ1v) is 27.0. The SMILES string of the molecule is C[C@H](CCCC[C@@H](O)CC(=O)SCCNC(=O)CCNC(=O)[C@H](O)C(C)(C)COP(=O)(O)OP(=O)(O)OC[C@H]1O[C@@H](n2cnc3c(N)ncnc32)[C@H](O)[C@@H]1OP(=O)(O)O)O[C@@H]1O[C@@H](C)[C@H](O)C[C@H]1O. The molecule has 2 fully saturated rings. The molecule has 29 nitrogen and oxygen atoms in total. The van der Waals surface area contributed by atoms with Crippen molar-refractivity contribution in [1.82, 2.24) is 30.2 Å². The lowest BCUT2D eigenvalue weighted by molar-refractivity contribution is -0.273. The Morgan fingerprint density at radius 2 is 1.65 bits per heavy atom. The standard InChI is InChI=1S/C36H62N7O22P3S/c1-19(61-35-23(46)14-22(45)20(2)62-35)7-5-6-8-21(44)13-26(48)69-12-11-38-25(47)9-10-39-33(51)30(50)36(3,4)16-60-68(57,58)65-67(55,56)59-15-24-29(64-66(52,53)54)28(49)34(63-24)43-18-42-27-31(37)40-17-41-32(27)43/h17-24,28-30,34-35,44-46,49-50H,5-16H2,1-4H3,(H,38,47)(H,39,51)(H,55,56)(H,57,58)(H2,37,40,41)(H2,52,53,54)/t19-,20+,21-,22-,23-,24-,28-,29-,30+,34-,35-/m1/s1. The van der Waals surface area contributed by atoms with Crippen molar-refractivity contribution in [2.45, 2.75) is 140 Å². The van der Waals surface area contributed by atoms with E-state index in [2.05, 4.69) is 34.4 Å². The van der Waals surface area contributed by atoms with Crippen LogP contribution in [0.2, 0.25) is 0 Å². The Balaban J connectivity index is 1.10. The van der Waals surface area contributed by atoms with Crippen molar-refractivity contribution >= 4 is 69.1 Å². The summed E-state index contributed by atoms with van der Waals surface area (Å²) < 4.78 is 73.6. The van der Waals surface area contributed by atoms with Gasteiger partial charge in [-0.1, -0.05) is 38.5 Å². The molecule has 2 aromatic heterocycles. The van der Waals surface area contributed by atoms with Crippen LogP contribution in [0.4, 0.5) is 5.82 Å². The molecule has 2 saturated heterocycles. The number of thioether (sulfide) groups is 1. The number of imidazole rings is 1. The van der Waals surface area contributed by atoms with Crippen molar-refractivity contribution in [3.8, 4) is 0 Å². The fraction of sp³-hybridized carbons (Fsp3) is 0.778. The van der Waals surface area contributed by atoms with Gasteiger partial charge in [-0.3, -0.25) is 32.5 Å². The quantitative estimate of drug-likeness (QED) is 0.0368. The third-order valence-corrected chi connectivity index (χ3v) is 14.6. The van der Waals surface area contributed by atoms with Crippen molar-refractivity contribution in [1.29, 1.82) is 0 Å². The van der Waals surface area contributed by atoms with Crippen LogP contribution in [0, 0.1) is 5.41 Å². The van der Waals surface area contributed by atoms with Gasteiger partial charge in [0, 0.05) is 43.5 Å². The van der Waals surface area contributed by atoms with Crippen molar-refractivity contribution in [2.75, 3.05) is 37.8 Å². The number of nitrogens with two attached hydrogens (primary N) is 1. The molecule has 0 saturated carbocycles. The zero-order valence-electron chi connectivity index (χ0n) is 37.9. The van der Waals surface area contributed by atoms with Crippen LogP contribution in [0.1, 0.15) is 78.9 Å². The Labute approximate surface area is 399 Å². The maximum absolute atomic E-state index is 12.7. The van der Waals surface area contributed by atoms with Crippen LogP contribution in [-0.4, -0.2) is 175 Å². The number of anilines is 1. The number of ether oxygens (including phenoxy) is 3. The number of nitrogen functional groups attached to an aromatic ring is 1. The van der Waals surface area contributed by atoms with Crippen molar-refractivity contribution in [3.63, 3.8) is 0 Å². The summed E-state index contributed by atoms with van der Waals surface area (Å²) >= 11 is 0.927. The van der Waals surface area contributed by atoms with Gasteiger partial charge in [0.05, 0.1) is 44.0 Å². The van der Waals surface area contributed by atoms with Crippen molar-refractivity contribution < 1.29 is 105 Å². The molecule has 0 aliphatic carbocycles. The monoisotopic (exact) mass is 1070 g/mol. The van der Waals surface area contributed by atoms with Gasteiger partial charge in [0.1, 0.15) is 42.4 Å². The van der Waals surface area contributed by atoms with Crippen LogP contribution in [0.15, 0.2) is 12.7 Å². The molecule has 2 unspecified atom stereocenters. The Hall–Kier alpha value is -2.64. The predicted molar refractivity (Wildman–Crippen MR) is 238 cm³/mol. The van der Waals surface area contributed by atoms with Gasteiger partial charge in [-0.25, -0.2) is 28.6 Å². The highest BCUT2D eigenvalue weighted by molar-refractivity contribution is 8.13. The van der Waals surface area contributed by atoms with Gasteiger partial charge in [-0.2, -0.15) is 4.31 Å². The number of carbonyl (C=O) groups is 3. The van der Waals surface area contributed by atoms with Gasteiger partial charge >= 0.3 is 23.5 Å². The number of rotatable bonds is 28. The topological polar surface area (TPSA) is 443 Å². The second-order valence-electron chi connectivity index (χ2n) is 17.0. The number of aromatic nitrogens is 4. The molecule has 0 radical (unpaired) electrons. The number of fused-ring (bicyclic) bond motifs is 1. The summed E-state index contributed by atoms with van der Waals surface area (Å²) in [5.41, 5.74) is 4.21. The summed E-state index contributed by atoms with van der Waals surface area (Å²) in [6, 6.07) is 0. The molecule has 13 N–H and O–H groups in total. The van der Waals surface area contributed by atoms with Crippen LogP contribution >= 0.6 is 35.2 Å². The van der Waals surface area contributed by atoms with Gasteiger partial charge in [-0.15, -0.1) is 0 Å². The van der Waals surface area contributed by atoms with E-state index in [0.29, 0.717) is 25.7 Å². The predicted octanol–water partition coefficient (Wildman–Crippen LogP) is -0.762. The molecule has 2 amide bonds. The van der Waals surface area contributed by atoms with E-state index in [-0.39, 0.29) is 66.3 Å². The molecule has 2 aromatic rings. The minimum atomic E-state index is -5.60.